The van der Waals surface area contributed by atoms with Crippen LogP contribution < -0.4 is 5.32 Å². The van der Waals surface area contributed by atoms with Gasteiger partial charge in [0.25, 0.3) is 0 Å². The number of hydrogen-bond donors (Lipinski definition) is 1. The minimum Gasteiger partial charge on any atom is -0.466 e. The average Bonchev–Trinajstić information content (AvgIpc) is 2.96. The van der Waals surface area contributed by atoms with E-state index < -0.39 is 0 Å². The van der Waals surface area contributed by atoms with Gasteiger partial charge in [0.2, 0.25) is 0 Å². The lowest BCUT2D eigenvalue weighted by Gasteiger charge is -2.30. The maximum atomic E-state index is 13.1. The molecule has 0 radical (unpaired) electrons. The summed E-state index contributed by atoms with van der Waals surface area (Å²) in [5.74, 6) is -0.241. The number of aryl methyl sites for hydroxylation is 1. The van der Waals surface area contributed by atoms with Gasteiger partial charge in [0, 0.05) is 12.2 Å². The standard InChI is InChI=1S/C24H30N2O3/c1-3-29-23(27)17-19-10-14-21(15-11-19)25-24(28)26-16-6-4-5-7-22(26)20-12-8-18(2)9-13-20/h8-15,22H,3-7,16-17H2,1-2H3,(H,25,28). The lowest BCUT2D eigenvalue weighted by Crippen LogP contribution is -2.38. The molecule has 0 aliphatic carbocycles. The molecular formula is C24H30N2O3. The zero-order valence-corrected chi connectivity index (χ0v) is 17.3. The van der Waals surface area contributed by atoms with E-state index in [2.05, 4.69) is 36.5 Å². The van der Waals surface area contributed by atoms with Gasteiger partial charge < -0.3 is 15.0 Å². The van der Waals surface area contributed by atoms with Crippen molar-refractivity contribution in [2.45, 2.75) is 52.0 Å². The van der Waals surface area contributed by atoms with Crippen LogP contribution in [0.1, 0.15) is 55.3 Å². The highest BCUT2D eigenvalue weighted by atomic mass is 16.5. The van der Waals surface area contributed by atoms with Gasteiger partial charge in [0.1, 0.15) is 0 Å². The third-order valence-electron chi connectivity index (χ3n) is 5.33. The molecule has 154 valence electrons. The number of nitrogens with zero attached hydrogens (tertiary/aromatic N) is 1. The van der Waals surface area contributed by atoms with Crippen molar-refractivity contribution in [2.24, 2.45) is 0 Å². The van der Waals surface area contributed by atoms with Crippen molar-refractivity contribution >= 4 is 17.7 Å². The van der Waals surface area contributed by atoms with Crippen LogP contribution in [0.25, 0.3) is 0 Å². The summed E-state index contributed by atoms with van der Waals surface area (Å²) in [5, 5.41) is 3.03. The summed E-state index contributed by atoms with van der Waals surface area (Å²) in [7, 11) is 0. The predicted octanol–water partition coefficient (Wildman–Crippen LogP) is 5.25. The number of carbonyl (C=O) groups is 2. The number of urea groups is 1. The lowest BCUT2D eigenvalue weighted by atomic mass is 10.00. The number of amides is 2. The maximum absolute atomic E-state index is 13.1. The molecule has 1 aliphatic heterocycles. The number of ether oxygens (including phenoxy) is 1. The Kier molecular flexibility index (Phi) is 7.28. The predicted molar refractivity (Wildman–Crippen MR) is 115 cm³/mol. The zero-order chi connectivity index (χ0) is 20.6. The van der Waals surface area contributed by atoms with Crippen LogP contribution in [0.4, 0.5) is 10.5 Å². The van der Waals surface area contributed by atoms with E-state index >= 15 is 0 Å². The molecule has 2 amide bonds. The molecule has 1 fully saturated rings. The van der Waals surface area contributed by atoms with E-state index in [1.807, 2.05) is 29.2 Å². The van der Waals surface area contributed by atoms with E-state index in [0.29, 0.717) is 6.61 Å². The van der Waals surface area contributed by atoms with Crippen LogP contribution in [-0.4, -0.2) is 30.1 Å². The van der Waals surface area contributed by atoms with Crippen molar-refractivity contribution in [2.75, 3.05) is 18.5 Å². The highest BCUT2D eigenvalue weighted by Crippen LogP contribution is 2.31. The van der Waals surface area contributed by atoms with Crippen LogP contribution in [0.5, 0.6) is 0 Å². The van der Waals surface area contributed by atoms with Crippen molar-refractivity contribution in [3.63, 3.8) is 0 Å². The first-order valence-electron chi connectivity index (χ1n) is 10.5. The average molecular weight is 395 g/mol. The molecule has 2 aromatic carbocycles. The Morgan fingerprint density at radius 1 is 1.03 bits per heavy atom. The third kappa shape index (κ3) is 5.83. The molecule has 1 heterocycles. The number of anilines is 1. The number of carbonyl (C=O) groups excluding carboxylic acids is 2. The normalized spacial score (nSPS) is 16.8. The van der Waals surface area contributed by atoms with Crippen LogP contribution in [0.15, 0.2) is 48.5 Å². The van der Waals surface area contributed by atoms with Gasteiger partial charge in [-0.05, 0) is 49.9 Å². The first-order chi connectivity index (χ1) is 14.1. The van der Waals surface area contributed by atoms with E-state index in [4.69, 9.17) is 4.74 Å². The molecule has 3 rings (SSSR count). The SMILES string of the molecule is CCOC(=O)Cc1ccc(NC(=O)N2CCCCCC2c2ccc(C)cc2)cc1. The Balaban J connectivity index is 1.68. The van der Waals surface area contributed by atoms with Crippen LogP contribution in [0, 0.1) is 6.92 Å². The van der Waals surface area contributed by atoms with Gasteiger partial charge in [-0.25, -0.2) is 4.79 Å². The van der Waals surface area contributed by atoms with Crippen molar-refractivity contribution < 1.29 is 14.3 Å². The van der Waals surface area contributed by atoms with E-state index in [-0.39, 0.29) is 24.5 Å². The molecule has 0 aromatic heterocycles. The molecule has 0 saturated carbocycles. The van der Waals surface area contributed by atoms with Crippen LogP contribution >= 0.6 is 0 Å². The minimum atomic E-state index is -0.241. The van der Waals surface area contributed by atoms with Crippen molar-refractivity contribution in [3.05, 3.63) is 65.2 Å². The first kappa shape index (κ1) is 20.9. The smallest absolute Gasteiger partial charge is 0.322 e. The molecule has 0 bridgehead atoms. The molecule has 0 spiro atoms. The number of likely N-dealkylation sites (tertiary alicyclic amines) is 1. The van der Waals surface area contributed by atoms with Gasteiger partial charge in [0.15, 0.2) is 0 Å². The highest BCUT2D eigenvalue weighted by molar-refractivity contribution is 5.89. The van der Waals surface area contributed by atoms with Crippen molar-refractivity contribution in [3.8, 4) is 0 Å². The number of rotatable bonds is 5. The quantitative estimate of drug-likeness (QED) is 0.705. The third-order valence-corrected chi connectivity index (χ3v) is 5.33. The second-order valence-corrected chi connectivity index (χ2v) is 7.58. The largest absolute Gasteiger partial charge is 0.466 e. The molecule has 1 aliphatic rings. The molecule has 2 aromatic rings. The van der Waals surface area contributed by atoms with E-state index in [1.165, 1.54) is 11.1 Å². The fourth-order valence-corrected chi connectivity index (χ4v) is 3.77. The Morgan fingerprint density at radius 3 is 2.45 bits per heavy atom. The highest BCUT2D eigenvalue weighted by Gasteiger charge is 2.26. The zero-order valence-electron chi connectivity index (χ0n) is 17.3. The molecular weight excluding hydrogens is 364 g/mol. The summed E-state index contributed by atoms with van der Waals surface area (Å²) in [6, 6.07) is 15.9. The van der Waals surface area contributed by atoms with Gasteiger partial charge >= 0.3 is 12.0 Å². The molecule has 5 nitrogen and oxygen atoms in total. The molecule has 5 heteroatoms. The van der Waals surface area contributed by atoms with Crippen molar-refractivity contribution in [1.82, 2.24) is 4.90 Å². The maximum Gasteiger partial charge on any atom is 0.322 e. The topological polar surface area (TPSA) is 58.6 Å². The van der Waals surface area contributed by atoms with Gasteiger partial charge in [-0.15, -0.1) is 0 Å². The molecule has 29 heavy (non-hydrogen) atoms. The Morgan fingerprint density at radius 2 is 1.76 bits per heavy atom. The Hall–Kier alpha value is -2.82. The number of hydrogen-bond acceptors (Lipinski definition) is 3. The van der Waals surface area contributed by atoms with E-state index in [0.717, 1.165) is 43.5 Å². The molecule has 1 unspecified atom stereocenters. The fourth-order valence-electron chi connectivity index (χ4n) is 3.77. The molecule has 1 saturated heterocycles. The summed E-state index contributed by atoms with van der Waals surface area (Å²) < 4.78 is 4.98. The number of benzene rings is 2. The van der Waals surface area contributed by atoms with Gasteiger partial charge in [0.05, 0.1) is 19.1 Å². The van der Waals surface area contributed by atoms with Crippen LogP contribution in [-0.2, 0) is 16.0 Å². The second kappa shape index (κ2) is 10.1. The number of nitrogens with one attached hydrogen (secondary N) is 1. The summed E-state index contributed by atoms with van der Waals surface area (Å²) >= 11 is 0. The summed E-state index contributed by atoms with van der Waals surface area (Å²) in [5.41, 5.74) is 4.02. The first-order valence-corrected chi connectivity index (χ1v) is 10.5. The Bertz CT molecular complexity index is 815. The Labute approximate surface area is 173 Å². The minimum absolute atomic E-state index is 0.0735. The van der Waals surface area contributed by atoms with E-state index in [1.54, 1.807) is 6.92 Å². The van der Waals surface area contributed by atoms with Gasteiger partial charge in [-0.3, -0.25) is 4.79 Å². The monoisotopic (exact) mass is 394 g/mol. The van der Waals surface area contributed by atoms with Gasteiger partial charge in [-0.1, -0.05) is 54.8 Å². The second-order valence-electron chi connectivity index (χ2n) is 7.58. The number of esters is 1. The molecule has 1 atom stereocenters. The van der Waals surface area contributed by atoms with Crippen molar-refractivity contribution in [1.29, 1.82) is 0 Å². The fraction of sp³-hybridized carbons (Fsp3) is 0.417. The summed E-state index contributed by atoms with van der Waals surface area (Å²) in [6.07, 6.45) is 4.52. The summed E-state index contributed by atoms with van der Waals surface area (Å²) in [6.45, 7) is 5.01. The van der Waals surface area contributed by atoms with E-state index in [9.17, 15) is 9.59 Å². The van der Waals surface area contributed by atoms with Gasteiger partial charge in [-0.2, -0.15) is 0 Å². The van der Waals surface area contributed by atoms with Crippen LogP contribution in [0.2, 0.25) is 0 Å². The van der Waals surface area contributed by atoms with Crippen LogP contribution in [0.3, 0.4) is 0 Å². The lowest BCUT2D eigenvalue weighted by molar-refractivity contribution is -0.142. The molecule has 1 N–H and O–H groups in total. The summed E-state index contributed by atoms with van der Waals surface area (Å²) in [4.78, 5) is 26.6.